The molecule has 0 aliphatic rings. The number of rotatable bonds is 13. The number of ether oxygens (including phenoxy) is 1. The van der Waals surface area contributed by atoms with E-state index in [1.165, 1.54) is 80.3 Å². The summed E-state index contributed by atoms with van der Waals surface area (Å²) in [6, 6.07) is 0. The molecule has 0 unspecified atom stereocenters. The molecule has 0 bridgehead atoms. The molecule has 0 saturated carbocycles. The summed E-state index contributed by atoms with van der Waals surface area (Å²) in [5, 5.41) is 0. The summed E-state index contributed by atoms with van der Waals surface area (Å²) in [5.74, 6) is -0.0114. The van der Waals surface area contributed by atoms with Crippen LogP contribution < -0.4 is 0 Å². The Hall–Kier alpha value is 0.269. The van der Waals surface area contributed by atoms with Gasteiger partial charge in [0.25, 0.3) is 0 Å². The van der Waals surface area contributed by atoms with Gasteiger partial charge in [0, 0.05) is 0 Å². The van der Waals surface area contributed by atoms with Crippen LogP contribution in [0.1, 0.15) is 77.6 Å². The molecule has 0 aromatic carbocycles. The standard InChI is InChI=1S/C15H29O2.Sn/c1-3-5-6-7-8-9-10-11-12-13-14-17-15(16)4-2;/h2-14H2,1H3;. The quantitative estimate of drug-likeness (QED) is 0.276. The zero-order valence-corrected chi connectivity index (χ0v) is 14.9. The van der Waals surface area contributed by atoms with Crippen molar-refractivity contribution in [3.05, 3.63) is 0 Å². The SMILES string of the molecule is CCCCCCCCCCCCOC(=O)C[CH2][Sn]. The molecular weight excluding hydrogens is 331 g/mol. The Bertz CT molecular complexity index is 183. The van der Waals surface area contributed by atoms with Gasteiger partial charge >= 0.3 is 100 Å². The Balaban J connectivity index is 3.01. The van der Waals surface area contributed by atoms with Crippen molar-refractivity contribution >= 4 is 28.5 Å². The van der Waals surface area contributed by atoms with E-state index < -0.39 is 0 Å². The third kappa shape index (κ3) is 14.3. The normalized spacial score (nSPS) is 10.6. The monoisotopic (exact) mass is 361 g/mol. The van der Waals surface area contributed by atoms with Crippen molar-refractivity contribution in [1.29, 1.82) is 0 Å². The second-order valence-corrected chi connectivity index (χ2v) is 6.33. The van der Waals surface area contributed by atoms with E-state index in [9.17, 15) is 4.79 Å². The molecule has 0 aromatic heterocycles. The molecule has 0 aliphatic carbocycles. The van der Waals surface area contributed by atoms with Gasteiger partial charge in [0.1, 0.15) is 0 Å². The van der Waals surface area contributed by atoms with E-state index >= 15 is 0 Å². The first-order valence-corrected chi connectivity index (χ1v) is 9.63. The Morgan fingerprint density at radius 1 is 0.889 bits per heavy atom. The van der Waals surface area contributed by atoms with Crippen molar-refractivity contribution in [3.8, 4) is 0 Å². The van der Waals surface area contributed by atoms with Crippen molar-refractivity contribution in [1.82, 2.24) is 0 Å². The van der Waals surface area contributed by atoms with Gasteiger partial charge in [-0.25, -0.2) is 0 Å². The number of esters is 1. The van der Waals surface area contributed by atoms with Crippen LogP contribution in [0.25, 0.3) is 0 Å². The molecule has 0 atom stereocenters. The van der Waals surface area contributed by atoms with Crippen LogP contribution in [0.2, 0.25) is 4.44 Å². The third-order valence-corrected chi connectivity index (χ3v) is 3.80. The number of hydrogen-bond donors (Lipinski definition) is 0. The van der Waals surface area contributed by atoms with Crippen LogP contribution in [0.3, 0.4) is 0 Å². The van der Waals surface area contributed by atoms with Gasteiger partial charge in [0.15, 0.2) is 0 Å². The molecule has 0 fully saturated rings. The van der Waals surface area contributed by atoms with Gasteiger partial charge in [-0.3, -0.25) is 0 Å². The van der Waals surface area contributed by atoms with E-state index in [-0.39, 0.29) is 5.97 Å². The molecule has 0 amide bonds. The van der Waals surface area contributed by atoms with Crippen LogP contribution >= 0.6 is 0 Å². The fraction of sp³-hybridized carbons (Fsp3) is 0.933. The number of unbranched alkanes of at least 4 members (excludes halogenated alkanes) is 9. The molecule has 105 valence electrons. The molecule has 0 spiro atoms. The predicted molar refractivity (Wildman–Crippen MR) is 78.0 cm³/mol. The van der Waals surface area contributed by atoms with E-state index in [1.54, 1.807) is 0 Å². The molecule has 0 aliphatic heterocycles. The van der Waals surface area contributed by atoms with Crippen LogP contribution in [-0.2, 0) is 9.53 Å². The van der Waals surface area contributed by atoms with Gasteiger partial charge < -0.3 is 0 Å². The first-order valence-electron chi connectivity index (χ1n) is 7.61. The first kappa shape index (κ1) is 18.3. The Kier molecular flexibility index (Phi) is 15.6. The average molecular weight is 360 g/mol. The molecule has 0 heterocycles. The fourth-order valence-electron chi connectivity index (χ4n) is 1.95. The predicted octanol–water partition coefficient (Wildman–Crippen LogP) is 4.43. The van der Waals surface area contributed by atoms with Crippen molar-refractivity contribution in [2.45, 2.75) is 82.0 Å². The molecule has 0 aromatic rings. The zero-order valence-electron chi connectivity index (χ0n) is 12.0. The van der Waals surface area contributed by atoms with Crippen LogP contribution in [0.15, 0.2) is 0 Å². The van der Waals surface area contributed by atoms with E-state index in [0.29, 0.717) is 13.0 Å². The van der Waals surface area contributed by atoms with Crippen molar-refractivity contribution in [2.75, 3.05) is 6.61 Å². The summed E-state index contributed by atoms with van der Waals surface area (Å²) >= 11 is 1.42. The van der Waals surface area contributed by atoms with Gasteiger partial charge in [-0.2, -0.15) is 0 Å². The Labute approximate surface area is 126 Å². The molecule has 18 heavy (non-hydrogen) atoms. The minimum absolute atomic E-state index is 0.0114. The van der Waals surface area contributed by atoms with Crippen LogP contribution in [0.4, 0.5) is 0 Å². The second-order valence-electron chi connectivity index (χ2n) is 4.90. The summed E-state index contributed by atoms with van der Waals surface area (Å²) in [4.78, 5) is 11.1. The Morgan fingerprint density at radius 2 is 1.39 bits per heavy atom. The number of hydrogen-bond acceptors (Lipinski definition) is 2. The number of carbonyl (C=O) groups is 1. The van der Waals surface area contributed by atoms with E-state index in [2.05, 4.69) is 6.92 Å². The summed E-state index contributed by atoms with van der Waals surface area (Å²) in [6.45, 7) is 2.89. The zero-order chi connectivity index (χ0) is 13.5. The molecule has 2 nitrogen and oxygen atoms in total. The molecular formula is C15H29O2Sn. The van der Waals surface area contributed by atoms with Crippen molar-refractivity contribution in [2.24, 2.45) is 0 Å². The van der Waals surface area contributed by atoms with Crippen molar-refractivity contribution < 1.29 is 9.53 Å². The van der Waals surface area contributed by atoms with Crippen LogP contribution in [0, 0.1) is 0 Å². The van der Waals surface area contributed by atoms with Gasteiger partial charge in [0.2, 0.25) is 0 Å². The van der Waals surface area contributed by atoms with Gasteiger partial charge in [0.05, 0.1) is 0 Å². The summed E-state index contributed by atoms with van der Waals surface area (Å²) in [5.41, 5.74) is 0. The maximum absolute atomic E-state index is 11.1. The van der Waals surface area contributed by atoms with Gasteiger partial charge in [-0.05, 0) is 0 Å². The molecule has 3 radical (unpaired) electrons. The molecule has 0 N–H and O–H groups in total. The maximum atomic E-state index is 11.1. The summed E-state index contributed by atoms with van der Waals surface area (Å²) in [6.07, 6.45) is 13.8. The topological polar surface area (TPSA) is 26.3 Å². The summed E-state index contributed by atoms with van der Waals surface area (Å²) < 4.78 is 6.11. The van der Waals surface area contributed by atoms with Crippen molar-refractivity contribution in [3.63, 3.8) is 0 Å². The first-order chi connectivity index (χ1) is 8.81. The molecule has 0 saturated heterocycles. The number of carbonyl (C=O) groups excluding carboxylic acids is 1. The van der Waals surface area contributed by atoms with Gasteiger partial charge in [-0.1, -0.05) is 26.2 Å². The second kappa shape index (κ2) is 15.3. The Morgan fingerprint density at radius 3 is 1.89 bits per heavy atom. The third-order valence-electron chi connectivity index (χ3n) is 3.09. The van der Waals surface area contributed by atoms with E-state index in [1.807, 2.05) is 0 Å². The molecule has 3 heteroatoms. The minimum atomic E-state index is -0.0114. The average Bonchev–Trinajstić information content (AvgIpc) is 2.36. The van der Waals surface area contributed by atoms with E-state index in [4.69, 9.17) is 4.74 Å². The summed E-state index contributed by atoms with van der Waals surface area (Å²) in [7, 11) is 0. The fourth-order valence-corrected chi connectivity index (χ4v) is 2.53. The van der Waals surface area contributed by atoms with Crippen LogP contribution in [-0.4, -0.2) is 35.1 Å². The molecule has 0 rings (SSSR count). The van der Waals surface area contributed by atoms with Crippen LogP contribution in [0.5, 0.6) is 0 Å². The van der Waals surface area contributed by atoms with Gasteiger partial charge in [-0.15, -0.1) is 0 Å². The van der Waals surface area contributed by atoms with E-state index in [0.717, 1.165) is 10.9 Å².